The van der Waals surface area contributed by atoms with Gasteiger partial charge >= 0.3 is 0 Å². The molecule has 0 heterocycles. The second kappa shape index (κ2) is 7.55. The Balaban J connectivity index is 1.93. The molecule has 2 aromatic rings. The summed E-state index contributed by atoms with van der Waals surface area (Å²) in [5.74, 6) is 5.23. The molecule has 1 unspecified atom stereocenters. The summed E-state index contributed by atoms with van der Waals surface area (Å²) < 4.78 is 13.1. The van der Waals surface area contributed by atoms with Crippen molar-refractivity contribution in [2.45, 2.75) is 32.2 Å². The maximum absolute atomic E-state index is 13.1. The molecular formula is C17H20ClFN2. The molecule has 1 atom stereocenters. The lowest BCUT2D eigenvalue weighted by Crippen LogP contribution is -2.37. The van der Waals surface area contributed by atoms with Crippen molar-refractivity contribution in [3.63, 3.8) is 0 Å². The minimum Gasteiger partial charge on any atom is -0.271 e. The van der Waals surface area contributed by atoms with E-state index < -0.39 is 5.82 Å². The SMILES string of the molecule is Cc1ccc(CCC(Cc2ccc(F)c(Cl)c2)NN)cc1. The summed E-state index contributed by atoms with van der Waals surface area (Å²) in [6.45, 7) is 2.08. The number of hydrogen-bond donors (Lipinski definition) is 2. The molecule has 0 aliphatic carbocycles. The number of hydrogen-bond acceptors (Lipinski definition) is 2. The zero-order valence-electron chi connectivity index (χ0n) is 12.1. The predicted octanol–water partition coefficient (Wildman–Crippen LogP) is 3.79. The number of rotatable bonds is 6. The first-order valence-electron chi connectivity index (χ1n) is 7.04. The fourth-order valence-electron chi connectivity index (χ4n) is 2.29. The van der Waals surface area contributed by atoms with Gasteiger partial charge in [-0.2, -0.15) is 0 Å². The summed E-state index contributed by atoms with van der Waals surface area (Å²) in [6.07, 6.45) is 2.58. The zero-order chi connectivity index (χ0) is 15.2. The summed E-state index contributed by atoms with van der Waals surface area (Å²) >= 11 is 5.80. The summed E-state index contributed by atoms with van der Waals surface area (Å²) in [7, 11) is 0. The van der Waals surface area contributed by atoms with E-state index in [1.165, 1.54) is 17.2 Å². The van der Waals surface area contributed by atoms with E-state index in [-0.39, 0.29) is 11.1 Å². The summed E-state index contributed by atoms with van der Waals surface area (Å²) in [4.78, 5) is 0. The molecule has 2 rings (SSSR count). The first-order chi connectivity index (χ1) is 10.1. The van der Waals surface area contributed by atoms with Gasteiger partial charge in [0.15, 0.2) is 0 Å². The lowest BCUT2D eigenvalue weighted by atomic mass is 9.99. The molecule has 0 saturated carbocycles. The standard InChI is InChI=1S/C17H20ClFN2/c1-12-2-4-13(5-3-12)6-8-15(21-20)10-14-7-9-17(19)16(18)11-14/h2-5,7,9,11,15,21H,6,8,10,20H2,1H3. The lowest BCUT2D eigenvalue weighted by molar-refractivity contribution is 0.491. The Hall–Kier alpha value is -1.42. The average Bonchev–Trinajstić information content (AvgIpc) is 2.49. The van der Waals surface area contributed by atoms with Gasteiger partial charge in [-0.05, 0) is 49.4 Å². The molecule has 2 aromatic carbocycles. The number of halogens is 2. The first kappa shape index (κ1) is 16.0. The Morgan fingerprint density at radius 1 is 1.14 bits per heavy atom. The number of nitrogens with two attached hydrogens (primary N) is 1. The van der Waals surface area contributed by atoms with E-state index in [0.717, 1.165) is 24.8 Å². The van der Waals surface area contributed by atoms with Crippen LogP contribution in [-0.4, -0.2) is 6.04 Å². The highest BCUT2D eigenvalue weighted by Gasteiger charge is 2.10. The van der Waals surface area contributed by atoms with Gasteiger partial charge in [0.2, 0.25) is 0 Å². The minimum absolute atomic E-state index is 0.132. The van der Waals surface area contributed by atoms with Gasteiger partial charge in [-0.1, -0.05) is 47.5 Å². The number of hydrazine groups is 1. The molecule has 112 valence electrons. The third kappa shape index (κ3) is 4.81. The van der Waals surface area contributed by atoms with Gasteiger partial charge < -0.3 is 0 Å². The van der Waals surface area contributed by atoms with Crippen molar-refractivity contribution >= 4 is 11.6 Å². The zero-order valence-corrected chi connectivity index (χ0v) is 12.8. The van der Waals surface area contributed by atoms with Crippen molar-refractivity contribution in [3.8, 4) is 0 Å². The minimum atomic E-state index is -0.391. The Bertz CT molecular complexity index is 584. The van der Waals surface area contributed by atoms with E-state index in [0.29, 0.717) is 0 Å². The van der Waals surface area contributed by atoms with Crippen LogP contribution in [0, 0.1) is 12.7 Å². The van der Waals surface area contributed by atoms with Crippen LogP contribution in [0.25, 0.3) is 0 Å². The largest absolute Gasteiger partial charge is 0.271 e. The van der Waals surface area contributed by atoms with Crippen molar-refractivity contribution in [3.05, 3.63) is 70.0 Å². The van der Waals surface area contributed by atoms with Gasteiger partial charge in [0.1, 0.15) is 5.82 Å². The van der Waals surface area contributed by atoms with Crippen molar-refractivity contribution in [2.75, 3.05) is 0 Å². The molecular weight excluding hydrogens is 287 g/mol. The highest BCUT2D eigenvalue weighted by atomic mass is 35.5. The normalized spacial score (nSPS) is 12.4. The van der Waals surface area contributed by atoms with Crippen LogP contribution in [0.15, 0.2) is 42.5 Å². The van der Waals surface area contributed by atoms with Gasteiger partial charge in [-0.25, -0.2) is 4.39 Å². The third-order valence-corrected chi connectivity index (χ3v) is 3.89. The maximum Gasteiger partial charge on any atom is 0.141 e. The quantitative estimate of drug-likeness (QED) is 0.629. The summed E-state index contributed by atoms with van der Waals surface area (Å²) in [6, 6.07) is 13.4. The van der Waals surface area contributed by atoms with E-state index in [2.05, 4.69) is 36.6 Å². The number of benzene rings is 2. The molecule has 21 heavy (non-hydrogen) atoms. The molecule has 2 nitrogen and oxygen atoms in total. The van der Waals surface area contributed by atoms with Crippen LogP contribution in [0.2, 0.25) is 5.02 Å². The van der Waals surface area contributed by atoms with Crippen LogP contribution < -0.4 is 11.3 Å². The number of nitrogens with one attached hydrogen (secondary N) is 1. The van der Waals surface area contributed by atoms with Crippen molar-refractivity contribution in [2.24, 2.45) is 5.84 Å². The Morgan fingerprint density at radius 2 is 1.81 bits per heavy atom. The molecule has 0 aromatic heterocycles. The van der Waals surface area contributed by atoms with E-state index in [1.807, 2.05) is 0 Å². The smallest absolute Gasteiger partial charge is 0.141 e. The van der Waals surface area contributed by atoms with Gasteiger partial charge in [-0.3, -0.25) is 11.3 Å². The molecule has 4 heteroatoms. The Kier molecular flexibility index (Phi) is 5.74. The molecule has 0 spiro atoms. The molecule has 0 aliphatic heterocycles. The Morgan fingerprint density at radius 3 is 2.43 bits per heavy atom. The fraction of sp³-hybridized carbons (Fsp3) is 0.294. The van der Waals surface area contributed by atoms with Crippen molar-refractivity contribution in [1.29, 1.82) is 0 Å². The van der Waals surface area contributed by atoms with E-state index in [4.69, 9.17) is 17.4 Å². The number of aryl methyl sites for hydroxylation is 2. The third-order valence-electron chi connectivity index (χ3n) is 3.60. The molecule has 0 fully saturated rings. The summed E-state index contributed by atoms with van der Waals surface area (Å²) in [5.41, 5.74) is 6.36. The van der Waals surface area contributed by atoms with Crippen LogP contribution in [-0.2, 0) is 12.8 Å². The first-order valence-corrected chi connectivity index (χ1v) is 7.42. The average molecular weight is 307 g/mol. The van der Waals surface area contributed by atoms with Crippen LogP contribution >= 0.6 is 11.6 Å². The van der Waals surface area contributed by atoms with Crippen molar-refractivity contribution < 1.29 is 4.39 Å². The monoisotopic (exact) mass is 306 g/mol. The fourth-order valence-corrected chi connectivity index (χ4v) is 2.49. The summed E-state index contributed by atoms with van der Waals surface area (Å²) in [5, 5.41) is 0.154. The van der Waals surface area contributed by atoms with Crippen LogP contribution in [0.1, 0.15) is 23.1 Å². The topological polar surface area (TPSA) is 38.0 Å². The van der Waals surface area contributed by atoms with Gasteiger partial charge in [0, 0.05) is 6.04 Å². The van der Waals surface area contributed by atoms with Crippen LogP contribution in [0.3, 0.4) is 0 Å². The molecule has 0 bridgehead atoms. The van der Waals surface area contributed by atoms with Crippen molar-refractivity contribution in [1.82, 2.24) is 5.43 Å². The lowest BCUT2D eigenvalue weighted by Gasteiger charge is -2.16. The highest BCUT2D eigenvalue weighted by molar-refractivity contribution is 6.30. The van der Waals surface area contributed by atoms with Crippen LogP contribution in [0.5, 0.6) is 0 Å². The molecule has 0 radical (unpaired) electrons. The maximum atomic E-state index is 13.1. The van der Waals surface area contributed by atoms with E-state index in [1.54, 1.807) is 12.1 Å². The highest BCUT2D eigenvalue weighted by Crippen LogP contribution is 2.18. The molecule has 0 aliphatic rings. The van der Waals surface area contributed by atoms with E-state index >= 15 is 0 Å². The molecule has 0 saturated heterocycles. The van der Waals surface area contributed by atoms with Crippen LogP contribution in [0.4, 0.5) is 4.39 Å². The Labute approximate surface area is 130 Å². The van der Waals surface area contributed by atoms with E-state index in [9.17, 15) is 4.39 Å². The molecule has 3 N–H and O–H groups in total. The second-order valence-corrected chi connectivity index (χ2v) is 5.75. The van der Waals surface area contributed by atoms with Gasteiger partial charge in [-0.15, -0.1) is 0 Å². The molecule has 0 amide bonds. The van der Waals surface area contributed by atoms with Gasteiger partial charge in [0.25, 0.3) is 0 Å². The predicted molar refractivity (Wildman–Crippen MR) is 85.7 cm³/mol. The second-order valence-electron chi connectivity index (χ2n) is 5.34. The van der Waals surface area contributed by atoms with Gasteiger partial charge in [0.05, 0.1) is 5.02 Å².